The first kappa shape index (κ1) is 26.3. The van der Waals surface area contributed by atoms with Crippen LogP contribution >= 0.6 is 0 Å². The van der Waals surface area contributed by atoms with E-state index in [0.29, 0.717) is 40.1 Å². The third-order valence-corrected chi connectivity index (χ3v) is 7.53. The fourth-order valence-electron chi connectivity index (χ4n) is 4.83. The van der Waals surface area contributed by atoms with Gasteiger partial charge in [0, 0.05) is 29.3 Å². The molecule has 2 heterocycles. The zero-order valence-electron chi connectivity index (χ0n) is 22.9. The predicted octanol–water partition coefficient (Wildman–Crippen LogP) is 5.71. The van der Waals surface area contributed by atoms with Crippen molar-refractivity contribution in [3.63, 3.8) is 0 Å². The summed E-state index contributed by atoms with van der Waals surface area (Å²) in [6.45, 7) is 1.94. The Morgan fingerprint density at radius 3 is 2.63 bits per heavy atom. The summed E-state index contributed by atoms with van der Waals surface area (Å²) in [4.78, 5) is 29.7. The van der Waals surface area contributed by atoms with Gasteiger partial charge < -0.3 is 20.1 Å². The van der Waals surface area contributed by atoms with Crippen LogP contribution in [0, 0.1) is 23.2 Å². The highest BCUT2D eigenvalue weighted by Crippen LogP contribution is 2.42. The molecule has 6 rings (SSSR count). The molecule has 208 valence electrons. The maximum atomic E-state index is 13.2. The fourth-order valence-corrected chi connectivity index (χ4v) is 4.83. The minimum absolute atomic E-state index is 0.0301. The molecule has 2 amide bonds. The number of aromatic nitrogens is 3. The molecule has 0 spiro atoms. The third kappa shape index (κ3) is 5.84. The summed E-state index contributed by atoms with van der Waals surface area (Å²) < 4.78 is 13.0. The second-order valence-electron chi connectivity index (χ2n) is 11.0. The monoisotopic (exact) mass is 550 g/mol. The van der Waals surface area contributed by atoms with Crippen molar-refractivity contribution < 1.29 is 19.1 Å². The smallest absolute Gasteiger partial charge is 0.255 e. The summed E-state index contributed by atoms with van der Waals surface area (Å²) in [5.41, 5.74) is 1.74. The molecule has 1 unspecified atom stereocenters. The third-order valence-electron chi connectivity index (χ3n) is 7.53. The van der Waals surface area contributed by atoms with E-state index in [1.165, 1.54) is 11.6 Å². The Morgan fingerprint density at radius 2 is 1.90 bits per heavy atom. The number of benzene rings is 2. The number of hydrogen-bond donors (Lipinski definition) is 2. The largest absolute Gasteiger partial charge is 0.493 e. The van der Waals surface area contributed by atoms with Crippen LogP contribution in [0.2, 0.25) is 0 Å². The quantitative estimate of drug-likeness (QED) is 0.258. The Hall–Kier alpha value is -4.91. The number of ether oxygens (including phenoxy) is 2. The van der Waals surface area contributed by atoms with Gasteiger partial charge in [-0.1, -0.05) is 25.0 Å². The van der Waals surface area contributed by atoms with Crippen molar-refractivity contribution in [2.75, 3.05) is 17.7 Å². The lowest BCUT2D eigenvalue weighted by Crippen LogP contribution is -2.21. The maximum absolute atomic E-state index is 13.2. The average Bonchev–Trinajstić information content (AvgIpc) is 3.91. The lowest BCUT2D eigenvalue weighted by atomic mass is 9.79. The Balaban J connectivity index is 1.18. The predicted molar refractivity (Wildman–Crippen MR) is 152 cm³/mol. The number of nitriles is 1. The van der Waals surface area contributed by atoms with Gasteiger partial charge in [0.1, 0.15) is 0 Å². The van der Waals surface area contributed by atoms with Gasteiger partial charge in [-0.3, -0.25) is 9.59 Å². The first-order valence-electron chi connectivity index (χ1n) is 13.7. The molecule has 2 N–H and O–H groups in total. The highest BCUT2D eigenvalue weighted by molar-refractivity contribution is 6.04. The summed E-state index contributed by atoms with van der Waals surface area (Å²) in [5, 5.41) is 20.1. The van der Waals surface area contributed by atoms with Crippen molar-refractivity contribution in [3.8, 4) is 23.4 Å². The molecule has 0 aliphatic heterocycles. The minimum atomic E-state index is -0.633. The lowest BCUT2D eigenvalue weighted by molar-refractivity contribution is -0.117. The van der Waals surface area contributed by atoms with Gasteiger partial charge in [0.2, 0.25) is 11.8 Å². The molecule has 2 aliphatic carbocycles. The lowest BCUT2D eigenvalue weighted by Gasteiger charge is -2.22. The number of nitrogens with zero attached hydrogens (tertiary/aromatic N) is 4. The van der Waals surface area contributed by atoms with E-state index in [2.05, 4.69) is 26.8 Å². The number of nitrogens with one attached hydrogen (secondary N) is 2. The van der Waals surface area contributed by atoms with Crippen molar-refractivity contribution in [1.82, 2.24) is 14.6 Å². The van der Waals surface area contributed by atoms with Crippen molar-refractivity contribution >= 4 is 29.0 Å². The SMILES string of the molecule is COc1ccc(NC(=O)c2cccc(C(C)(C#N)CC3CC3)c2)cc1Oc1ccc2nc(NC(=O)C3CC3)cn2n1. The van der Waals surface area contributed by atoms with Gasteiger partial charge >= 0.3 is 0 Å². The summed E-state index contributed by atoms with van der Waals surface area (Å²) >= 11 is 0. The van der Waals surface area contributed by atoms with E-state index in [1.807, 2.05) is 19.1 Å². The standard InChI is InChI=1S/C31H30N6O4/c1-31(18-32,16-19-6-7-19)22-5-3-4-21(14-22)30(39)33-23-10-11-24(40-2)25(15-23)41-28-13-12-27-34-26(17-37(27)36-28)35-29(38)20-8-9-20/h3-5,10-15,17,19-20H,6-9,16H2,1-2H3,(H,33,39)(H,35,38). The van der Waals surface area contributed by atoms with Gasteiger partial charge in [-0.25, -0.2) is 9.50 Å². The molecule has 2 aromatic heterocycles. The number of methoxy groups -OCH3 is 1. The Labute approximate surface area is 237 Å². The Kier molecular flexibility index (Phi) is 6.79. The molecule has 41 heavy (non-hydrogen) atoms. The van der Waals surface area contributed by atoms with E-state index < -0.39 is 5.41 Å². The van der Waals surface area contributed by atoms with Gasteiger partial charge in [0.25, 0.3) is 5.91 Å². The second kappa shape index (κ2) is 10.6. The maximum Gasteiger partial charge on any atom is 0.255 e. The highest BCUT2D eigenvalue weighted by atomic mass is 16.5. The second-order valence-corrected chi connectivity index (χ2v) is 11.0. The van der Waals surface area contributed by atoms with Gasteiger partial charge in [-0.2, -0.15) is 5.26 Å². The van der Waals surface area contributed by atoms with E-state index in [1.54, 1.807) is 48.7 Å². The number of fused-ring (bicyclic) bond motifs is 1. The zero-order chi connectivity index (χ0) is 28.6. The Morgan fingerprint density at radius 1 is 1.07 bits per heavy atom. The molecule has 2 saturated carbocycles. The van der Waals surface area contributed by atoms with E-state index in [-0.39, 0.29) is 23.6 Å². The van der Waals surface area contributed by atoms with Crippen LogP contribution in [0.1, 0.15) is 54.9 Å². The molecule has 10 heteroatoms. The number of anilines is 2. The molecule has 4 aromatic rings. The molecule has 2 aromatic carbocycles. The summed E-state index contributed by atoms with van der Waals surface area (Å²) in [6.07, 6.45) is 6.55. The highest BCUT2D eigenvalue weighted by Gasteiger charge is 2.35. The Bertz CT molecular complexity index is 1680. The van der Waals surface area contributed by atoms with Crippen LogP contribution in [0.15, 0.2) is 60.8 Å². The van der Waals surface area contributed by atoms with Crippen molar-refractivity contribution in [2.45, 2.75) is 44.4 Å². The van der Waals surface area contributed by atoms with Crippen LogP contribution in [0.3, 0.4) is 0 Å². The van der Waals surface area contributed by atoms with Crippen LogP contribution in [-0.4, -0.2) is 33.5 Å². The van der Waals surface area contributed by atoms with Crippen LogP contribution < -0.4 is 20.1 Å². The molecular formula is C31H30N6O4. The van der Waals surface area contributed by atoms with Crippen LogP contribution in [0.4, 0.5) is 11.5 Å². The van der Waals surface area contributed by atoms with Crippen molar-refractivity contribution in [2.24, 2.45) is 11.8 Å². The number of hydrogen-bond acceptors (Lipinski definition) is 7. The van der Waals surface area contributed by atoms with Gasteiger partial charge in [0.05, 0.1) is 24.8 Å². The normalized spacial score (nSPS) is 15.9. The minimum Gasteiger partial charge on any atom is -0.493 e. The number of amides is 2. The average molecular weight is 551 g/mol. The first-order chi connectivity index (χ1) is 19.8. The van der Waals surface area contributed by atoms with Gasteiger partial charge in [0.15, 0.2) is 23.0 Å². The number of rotatable bonds is 10. The van der Waals surface area contributed by atoms with Gasteiger partial charge in [-0.15, -0.1) is 5.10 Å². The molecule has 0 saturated heterocycles. The van der Waals surface area contributed by atoms with Crippen LogP contribution in [-0.2, 0) is 10.2 Å². The van der Waals surface area contributed by atoms with Crippen molar-refractivity contribution in [3.05, 3.63) is 71.9 Å². The topological polar surface area (TPSA) is 131 Å². The van der Waals surface area contributed by atoms with E-state index in [4.69, 9.17) is 9.47 Å². The van der Waals surface area contributed by atoms with E-state index >= 15 is 0 Å². The van der Waals surface area contributed by atoms with Crippen LogP contribution in [0.5, 0.6) is 17.4 Å². The summed E-state index contributed by atoms with van der Waals surface area (Å²) in [6, 6.07) is 18.2. The van der Waals surface area contributed by atoms with Crippen LogP contribution in [0.25, 0.3) is 5.65 Å². The van der Waals surface area contributed by atoms with E-state index in [9.17, 15) is 14.9 Å². The fraction of sp³-hybridized carbons (Fsp3) is 0.323. The van der Waals surface area contributed by atoms with E-state index in [0.717, 1.165) is 37.7 Å². The molecule has 2 aliphatic rings. The number of carbonyl (C=O) groups is 2. The summed E-state index contributed by atoms with van der Waals surface area (Å²) in [7, 11) is 1.53. The molecule has 1 atom stereocenters. The number of imidazole rings is 1. The van der Waals surface area contributed by atoms with Gasteiger partial charge in [-0.05, 0) is 68.0 Å². The first-order valence-corrected chi connectivity index (χ1v) is 13.7. The molecule has 2 fully saturated rings. The number of carbonyl (C=O) groups excluding carboxylic acids is 2. The molecular weight excluding hydrogens is 520 g/mol. The zero-order valence-corrected chi connectivity index (χ0v) is 22.9. The molecule has 0 radical (unpaired) electrons. The molecule has 10 nitrogen and oxygen atoms in total. The van der Waals surface area contributed by atoms with Crippen molar-refractivity contribution in [1.29, 1.82) is 5.26 Å². The molecule has 0 bridgehead atoms. The summed E-state index contributed by atoms with van der Waals surface area (Å²) in [5.74, 6) is 1.84.